The van der Waals surface area contributed by atoms with Crippen molar-refractivity contribution in [2.45, 2.75) is 13.5 Å². The van der Waals surface area contributed by atoms with Crippen molar-refractivity contribution < 1.29 is 0 Å². The largest absolute Gasteiger partial charge is 0.382 e. The maximum Gasteiger partial charge on any atom is 0.150 e. The van der Waals surface area contributed by atoms with Gasteiger partial charge in [-0.15, -0.1) is 0 Å². The molecule has 0 unspecified atom stereocenters. The number of hydrogen-bond donors (Lipinski definition) is 3. The molecule has 84 valence electrons. The van der Waals surface area contributed by atoms with Gasteiger partial charge in [-0.25, -0.2) is 9.97 Å². The van der Waals surface area contributed by atoms with Gasteiger partial charge in [0.25, 0.3) is 0 Å². The highest BCUT2D eigenvalue weighted by Crippen LogP contribution is 2.23. The zero-order chi connectivity index (χ0) is 11.5. The van der Waals surface area contributed by atoms with Crippen molar-refractivity contribution in [2.75, 3.05) is 11.1 Å². The third-order valence-corrected chi connectivity index (χ3v) is 2.57. The Hall–Kier alpha value is -1.82. The number of nitrogens with one attached hydrogen (secondary N) is 2. The van der Waals surface area contributed by atoms with E-state index in [1.54, 1.807) is 6.20 Å². The number of nitrogens with zero attached hydrogens (tertiary/aromatic N) is 3. The second-order valence-corrected chi connectivity index (χ2v) is 3.67. The topological polar surface area (TPSA) is 92.5 Å². The van der Waals surface area contributed by atoms with Gasteiger partial charge in [0.1, 0.15) is 17.2 Å². The average Bonchev–Trinajstić information content (AvgIpc) is 2.67. The van der Waals surface area contributed by atoms with Crippen molar-refractivity contribution >= 4 is 23.2 Å². The molecule has 2 aromatic heterocycles. The average molecular weight is 239 g/mol. The second-order valence-electron chi connectivity index (χ2n) is 3.30. The zero-order valence-corrected chi connectivity index (χ0v) is 9.41. The molecule has 0 fully saturated rings. The van der Waals surface area contributed by atoms with Crippen molar-refractivity contribution in [1.82, 2.24) is 20.2 Å². The molecule has 0 aliphatic carbocycles. The molecule has 7 heteroatoms. The van der Waals surface area contributed by atoms with Crippen LogP contribution in [0.2, 0.25) is 5.02 Å². The number of halogens is 1. The van der Waals surface area contributed by atoms with E-state index in [2.05, 4.69) is 25.5 Å². The van der Waals surface area contributed by atoms with Crippen molar-refractivity contribution in [2.24, 2.45) is 0 Å². The quantitative estimate of drug-likeness (QED) is 0.751. The lowest BCUT2D eigenvalue weighted by molar-refractivity contribution is 1.03. The van der Waals surface area contributed by atoms with Gasteiger partial charge in [-0.3, -0.25) is 5.10 Å². The first-order valence-corrected chi connectivity index (χ1v) is 5.05. The van der Waals surface area contributed by atoms with Crippen molar-refractivity contribution in [3.63, 3.8) is 0 Å². The van der Waals surface area contributed by atoms with Gasteiger partial charge in [0, 0.05) is 17.8 Å². The summed E-state index contributed by atoms with van der Waals surface area (Å²) in [4.78, 5) is 7.78. The minimum absolute atomic E-state index is 0.267. The summed E-state index contributed by atoms with van der Waals surface area (Å²) in [5.74, 6) is 0.790. The molecule has 0 aliphatic rings. The van der Waals surface area contributed by atoms with E-state index in [0.29, 0.717) is 17.4 Å². The van der Waals surface area contributed by atoms with Crippen molar-refractivity contribution in [3.8, 4) is 0 Å². The second kappa shape index (κ2) is 4.36. The van der Waals surface area contributed by atoms with Gasteiger partial charge in [-0.1, -0.05) is 11.6 Å². The minimum atomic E-state index is 0.267. The third-order valence-electron chi connectivity index (χ3n) is 2.20. The predicted molar refractivity (Wildman–Crippen MR) is 62.1 cm³/mol. The Morgan fingerprint density at radius 1 is 1.50 bits per heavy atom. The van der Waals surface area contributed by atoms with E-state index in [0.717, 1.165) is 11.3 Å². The highest BCUT2D eigenvalue weighted by Gasteiger charge is 2.07. The summed E-state index contributed by atoms with van der Waals surface area (Å²) in [7, 11) is 0. The van der Waals surface area contributed by atoms with E-state index >= 15 is 0 Å². The van der Waals surface area contributed by atoms with Crippen LogP contribution < -0.4 is 11.1 Å². The summed E-state index contributed by atoms with van der Waals surface area (Å²) in [6.45, 7) is 2.53. The van der Waals surface area contributed by atoms with E-state index in [-0.39, 0.29) is 5.82 Å². The van der Waals surface area contributed by atoms with Gasteiger partial charge in [0.15, 0.2) is 5.82 Å². The summed E-state index contributed by atoms with van der Waals surface area (Å²) in [5, 5.41) is 10.2. The smallest absolute Gasteiger partial charge is 0.150 e. The van der Waals surface area contributed by atoms with Crippen LogP contribution in [0.5, 0.6) is 0 Å². The number of nitrogen functional groups attached to an aromatic ring is 1. The number of aryl methyl sites for hydroxylation is 1. The molecule has 0 amide bonds. The molecule has 0 radical (unpaired) electrons. The van der Waals surface area contributed by atoms with E-state index in [1.165, 1.54) is 6.33 Å². The van der Waals surface area contributed by atoms with Crippen LogP contribution in [-0.2, 0) is 6.54 Å². The lowest BCUT2D eigenvalue weighted by Crippen LogP contribution is -2.04. The number of hydrogen-bond acceptors (Lipinski definition) is 5. The number of anilines is 2. The van der Waals surface area contributed by atoms with Crippen LogP contribution in [0.25, 0.3) is 0 Å². The molecular weight excluding hydrogens is 228 g/mol. The fourth-order valence-corrected chi connectivity index (χ4v) is 1.40. The number of H-pyrrole nitrogens is 1. The Kier molecular flexibility index (Phi) is 2.91. The van der Waals surface area contributed by atoms with Crippen LogP contribution in [0, 0.1) is 6.92 Å². The molecule has 4 N–H and O–H groups in total. The monoisotopic (exact) mass is 238 g/mol. The fraction of sp³-hybridized carbons (Fsp3) is 0.222. The normalized spacial score (nSPS) is 10.4. The predicted octanol–water partition coefficient (Wildman–Crippen LogP) is 1.36. The molecule has 0 saturated carbocycles. The summed E-state index contributed by atoms with van der Waals surface area (Å²) < 4.78 is 0. The van der Waals surface area contributed by atoms with Gasteiger partial charge in [-0.05, 0) is 6.92 Å². The van der Waals surface area contributed by atoms with Crippen LogP contribution >= 0.6 is 11.6 Å². The molecule has 2 rings (SSSR count). The lowest BCUT2D eigenvalue weighted by Gasteiger charge is -2.07. The molecule has 16 heavy (non-hydrogen) atoms. The number of nitrogens with two attached hydrogens (primary N) is 1. The highest BCUT2D eigenvalue weighted by molar-refractivity contribution is 6.35. The lowest BCUT2D eigenvalue weighted by atomic mass is 10.2. The van der Waals surface area contributed by atoms with Crippen LogP contribution in [0.3, 0.4) is 0 Å². The SMILES string of the molecule is Cc1[nH]ncc1CNc1ncnc(N)c1Cl. The molecule has 0 saturated heterocycles. The molecule has 0 aromatic carbocycles. The molecule has 2 aromatic rings. The van der Waals surface area contributed by atoms with E-state index in [9.17, 15) is 0 Å². The van der Waals surface area contributed by atoms with Gasteiger partial charge in [0.05, 0.1) is 6.20 Å². The van der Waals surface area contributed by atoms with E-state index < -0.39 is 0 Å². The maximum absolute atomic E-state index is 5.94. The summed E-state index contributed by atoms with van der Waals surface area (Å²) >= 11 is 5.94. The molecule has 0 bridgehead atoms. The van der Waals surface area contributed by atoms with Crippen LogP contribution in [-0.4, -0.2) is 20.2 Å². The Morgan fingerprint density at radius 3 is 3.00 bits per heavy atom. The third kappa shape index (κ3) is 2.06. The van der Waals surface area contributed by atoms with Crippen molar-refractivity contribution in [3.05, 3.63) is 28.8 Å². The van der Waals surface area contributed by atoms with Crippen LogP contribution in [0.4, 0.5) is 11.6 Å². The van der Waals surface area contributed by atoms with Crippen molar-refractivity contribution in [1.29, 1.82) is 0 Å². The van der Waals surface area contributed by atoms with Gasteiger partial charge >= 0.3 is 0 Å². The Bertz CT molecular complexity index is 494. The van der Waals surface area contributed by atoms with Gasteiger partial charge in [0.2, 0.25) is 0 Å². The standard InChI is InChI=1S/C9H11ClN6/c1-5-6(3-15-16-5)2-12-9-7(10)8(11)13-4-14-9/h3-4H,2H2,1H3,(H,15,16)(H3,11,12,13,14). The fourth-order valence-electron chi connectivity index (χ4n) is 1.24. The number of rotatable bonds is 3. The number of aromatic amines is 1. The zero-order valence-electron chi connectivity index (χ0n) is 8.66. The van der Waals surface area contributed by atoms with E-state index in [4.69, 9.17) is 17.3 Å². The first-order chi connectivity index (χ1) is 7.68. The first-order valence-electron chi connectivity index (χ1n) is 4.67. The molecule has 0 aliphatic heterocycles. The Labute approximate surface area is 97.2 Å². The Morgan fingerprint density at radius 2 is 2.31 bits per heavy atom. The summed E-state index contributed by atoms with van der Waals surface area (Å²) in [6.07, 6.45) is 3.12. The molecular formula is C9H11ClN6. The summed E-state index contributed by atoms with van der Waals surface area (Å²) in [5.41, 5.74) is 7.61. The Balaban J connectivity index is 2.11. The van der Waals surface area contributed by atoms with E-state index in [1.807, 2.05) is 6.92 Å². The molecule has 0 spiro atoms. The van der Waals surface area contributed by atoms with Gasteiger partial charge in [-0.2, -0.15) is 5.10 Å². The highest BCUT2D eigenvalue weighted by atomic mass is 35.5. The van der Waals surface area contributed by atoms with Gasteiger partial charge < -0.3 is 11.1 Å². The minimum Gasteiger partial charge on any atom is -0.382 e. The first kappa shape index (κ1) is 10.7. The van der Waals surface area contributed by atoms with Crippen LogP contribution in [0.1, 0.15) is 11.3 Å². The summed E-state index contributed by atoms with van der Waals surface area (Å²) in [6, 6.07) is 0. The molecule has 0 atom stereocenters. The van der Waals surface area contributed by atoms with Crippen LogP contribution in [0.15, 0.2) is 12.5 Å². The number of aromatic nitrogens is 4. The molecule has 2 heterocycles. The molecule has 6 nitrogen and oxygen atoms in total. The maximum atomic E-state index is 5.94.